The van der Waals surface area contributed by atoms with Gasteiger partial charge < -0.3 is 14.4 Å². The Morgan fingerprint density at radius 1 is 1.18 bits per heavy atom. The second kappa shape index (κ2) is 11.3. The van der Waals surface area contributed by atoms with Crippen LogP contribution in [0.3, 0.4) is 0 Å². The van der Waals surface area contributed by atoms with Crippen LogP contribution in [-0.4, -0.2) is 50.2 Å². The number of carbonyl (C=O) groups is 2. The van der Waals surface area contributed by atoms with Gasteiger partial charge in [0.1, 0.15) is 6.54 Å². The Morgan fingerprint density at radius 2 is 1.88 bits per heavy atom. The van der Waals surface area contributed by atoms with Gasteiger partial charge in [0.2, 0.25) is 5.91 Å². The highest BCUT2D eigenvalue weighted by Crippen LogP contribution is 2.26. The van der Waals surface area contributed by atoms with Crippen LogP contribution in [0.2, 0.25) is 0 Å². The molecule has 1 fully saturated rings. The predicted octanol–water partition coefficient (Wildman–Crippen LogP) is 4.70. The minimum absolute atomic E-state index is 0.0255. The van der Waals surface area contributed by atoms with Crippen LogP contribution in [0.15, 0.2) is 36.5 Å². The molecule has 0 radical (unpaired) electrons. The number of nitro groups is 1. The average Bonchev–Trinajstić information content (AvgIpc) is 3.21. The van der Waals surface area contributed by atoms with Crippen molar-refractivity contribution in [1.82, 2.24) is 14.4 Å². The number of carbonyl (C=O) groups excluding carboxylic acids is 2. The Labute approximate surface area is 201 Å². The number of hydrogen-bond acceptors (Lipinski definition) is 4. The third-order valence-corrected chi connectivity index (χ3v) is 6.58. The van der Waals surface area contributed by atoms with Gasteiger partial charge in [0.25, 0.3) is 11.6 Å². The van der Waals surface area contributed by atoms with Crippen LogP contribution in [0.1, 0.15) is 67.6 Å². The molecule has 0 atom stereocenters. The van der Waals surface area contributed by atoms with Gasteiger partial charge >= 0.3 is 0 Å². The Kier molecular flexibility index (Phi) is 8.47. The van der Waals surface area contributed by atoms with Crippen LogP contribution in [0.5, 0.6) is 0 Å². The number of aromatic nitrogens is 1. The first-order valence-electron chi connectivity index (χ1n) is 12.1. The van der Waals surface area contributed by atoms with Crippen molar-refractivity contribution in [3.05, 3.63) is 63.5 Å². The van der Waals surface area contributed by atoms with Crippen molar-refractivity contribution in [1.29, 1.82) is 0 Å². The molecule has 0 spiro atoms. The maximum Gasteiger partial charge on any atom is 0.273 e. The first-order valence-corrected chi connectivity index (χ1v) is 12.1. The number of nitro benzene ring substituents is 1. The first-order chi connectivity index (χ1) is 16.2. The smallest absolute Gasteiger partial charge is 0.273 e. The van der Waals surface area contributed by atoms with E-state index in [0.29, 0.717) is 18.7 Å². The molecule has 2 aromatic rings. The molecule has 1 saturated carbocycles. The standard InChI is InChI=1S/C26H36N4O4/c1-19(2)16-28(17-23-11-8-14-27(23)4)25(31)18-29(22-9-6-5-7-10-22)26(32)21-13-12-20(3)24(15-21)30(33)34/h8,11-15,19,22H,5-7,9-10,16-18H2,1-4H3. The summed E-state index contributed by atoms with van der Waals surface area (Å²) < 4.78 is 2.00. The molecular weight excluding hydrogens is 432 g/mol. The quantitative estimate of drug-likeness (QED) is 0.394. The van der Waals surface area contributed by atoms with Crippen LogP contribution in [-0.2, 0) is 18.4 Å². The van der Waals surface area contributed by atoms with Gasteiger partial charge in [-0.25, -0.2) is 0 Å². The lowest BCUT2D eigenvalue weighted by molar-refractivity contribution is -0.385. The van der Waals surface area contributed by atoms with Crippen LogP contribution in [0, 0.1) is 23.0 Å². The van der Waals surface area contributed by atoms with Crippen molar-refractivity contribution < 1.29 is 14.5 Å². The molecule has 8 nitrogen and oxygen atoms in total. The summed E-state index contributed by atoms with van der Waals surface area (Å²) in [6.07, 6.45) is 6.78. The molecule has 1 aliphatic rings. The number of rotatable bonds is 9. The molecule has 1 aliphatic carbocycles. The summed E-state index contributed by atoms with van der Waals surface area (Å²) in [5.74, 6) is -0.134. The van der Waals surface area contributed by atoms with Crippen LogP contribution < -0.4 is 0 Å². The lowest BCUT2D eigenvalue weighted by Crippen LogP contribution is -2.48. The molecule has 1 aromatic heterocycles. The normalized spacial score (nSPS) is 14.3. The summed E-state index contributed by atoms with van der Waals surface area (Å²) >= 11 is 0. The maximum atomic E-state index is 13.6. The van der Waals surface area contributed by atoms with Crippen molar-refractivity contribution in [2.75, 3.05) is 13.1 Å². The summed E-state index contributed by atoms with van der Waals surface area (Å²) in [6, 6.07) is 8.48. The molecule has 1 aromatic carbocycles. The number of amides is 2. The van der Waals surface area contributed by atoms with E-state index in [0.717, 1.165) is 37.8 Å². The molecule has 1 heterocycles. The fraction of sp³-hybridized carbons (Fsp3) is 0.538. The molecule has 0 aliphatic heterocycles. The molecule has 34 heavy (non-hydrogen) atoms. The minimum Gasteiger partial charge on any atom is -0.353 e. The summed E-state index contributed by atoms with van der Waals surface area (Å²) in [5.41, 5.74) is 1.71. The van der Waals surface area contributed by atoms with Crippen molar-refractivity contribution in [2.45, 2.75) is 65.5 Å². The molecule has 0 unspecified atom stereocenters. The summed E-state index contributed by atoms with van der Waals surface area (Å²) in [5, 5.41) is 11.4. The zero-order valence-electron chi connectivity index (χ0n) is 20.7. The highest BCUT2D eigenvalue weighted by atomic mass is 16.6. The minimum atomic E-state index is -0.466. The Morgan fingerprint density at radius 3 is 2.47 bits per heavy atom. The van der Waals surface area contributed by atoms with Gasteiger partial charge in [-0.3, -0.25) is 19.7 Å². The van der Waals surface area contributed by atoms with Gasteiger partial charge in [-0.1, -0.05) is 39.2 Å². The van der Waals surface area contributed by atoms with E-state index in [1.54, 1.807) is 24.0 Å². The zero-order valence-corrected chi connectivity index (χ0v) is 20.7. The Bertz CT molecular complexity index is 1020. The van der Waals surface area contributed by atoms with Crippen molar-refractivity contribution in [3.63, 3.8) is 0 Å². The zero-order chi connectivity index (χ0) is 24.8. The van der Waals surface area contributed by atoms with Gasteiger partial charge in [0.05, 0.1) is 11.5 Å². The monoisotopic (exact) mass is 468 g/mol. The van der Waals surface area contributed by atoms with E-state index in [2.05, 4.69) is 13.8 Å². The lowest BCUT2D eigenvalue weighted by atomic mass is 9.93. The molecular formula is C26H36N4O4. The molecule has 0 N–H and O–H groups in total. The molecule has 184 valence electrons. The first kappa shape index (κ1) is 25.5. The second-order valence-electron chi connectivity index (χ2n) is 9.76. The third kappa shape index (κ3) is 6.24. The maximum absolute atomic E-state index is 13.6. The topological polar surface area (TPSA) is 88.7 Å². The van der Waals surface area contributed by atoms with Crippen LogP contribution in [0.25, 0.3) is 0 Å². The summed E-state index contributed by atoms with van der Waals surface area (Å²) in [6.45, 7) is 6.84. The molecule has 8 heteroatoms. The van der Waals surface area contributed by atoms with E-state index in [9.17, 15) is 19.7 Å². The van der Waals surface area contributed by atoms with E-state index in [4.69, 9.17) is 0 Å². The van der Waals surface area contributed by atoms with Gasteiger partial charge in [0.15, 0.2) is 0 Å². The van der Waals surface area contributed by atoms with E-state index in [1.807, 2.05) is 34.8 Å². The van der Waals surface area contributed by atoms with Crippen molar-refractivity contribution in [2.24, 2.45) is 13.0 Å². The number of aryl methyl sites for hydroxylation is 2. The van der Waals surface area contributed by atoms with E-state index in [1.165, 1.54) is 6.07 Å². The SMILES string of the molecule is Cc1ccc(C(=O)N(CC(=O)N(Cc2cccn2C)CC(C)C)C2CCCCC2)cc1[N+](=O)[O-]. The fourth-order valence-electron chi connectivity index (χ4n) is 4.66. The largest absolute Gasteiger partial charge is 0.353 e. The van der Waals surface area contributed by atoms with Crippen LogP contribution >= 0.6 is 0 Å². The fourth-order valence-corrected chi connectivity index (χ4v) is 4.66. The lowest BCUT2D eigenvalue weighted by Gasteiger charge is -2.36. The average molecular weight is 469 g/mol. The Hall–Kier alpha value is -3.16. The predicted molar refractivity (Wildman–Crippen MR) is 131 cm³/mol. The highest BCUT2D eigenvalue weighted by Gasteiger charge is 2.31. The summed E-state index contributed by atoms with van der Waals surface area (Å²) in [4.78, 5) is 41.6. The number of hydrogen-bond donors (Lipinski definition) is 0. The highest BCUT2D eigenvalue weighted by molar-refractivity contribution is 5.97. The Balaban J connectivity index is 1.88. The van der Waals surface area contributed by atoms with E-state index in [-0.39, 0.29) is 41.6 Å². The number of benzene rings is 1. The van der Waals surface area contributed by atoms with Gasteiger partial charge in [-0.2, -0.15) is 0 Å². The van der Waals surface area contributed by atoms with Crippen molar-refractivity contribution >= 4 is 17.5 Å². The molecule has 0 saturated heterocycles. The van der Waals surface area contributed by atoms with E-state index >= 15 is 0 Å². The van der Waals surface area contributed by atoms with E-state index < -0.39 is 4.92 Å². The molecule has 0 bridgehead atoms. The van der Waals surface area contributed by atoms with Gasteiger partial charge in [-0.05, 0) is 43.9 Å². The molecule has 3 rings (SSSR count). The second-order valence-corrected chi connectivity index (χ2v) is 9.76. The third-order valence-electron chi connectivity index (χ3n) is 6.58. The van der Waals surface area contributed by atoms with Crippen LogP contribution in [0.4, 0.5) is 5.69 Å². The van der Waals surface area contributed by atoms with Crippen molar-refractivity contribution in [3.8, 4) is 0 Å². The number of nitrogens with zero attached hydrogens (tertiary/aromatic N) is 4. The molecule has 2 amide bonds. The summed E-state index contributed by atoms with van der Waals surface area (Å²) in [7, 11) is 1.95. The van der Waals surface area contributed by atoms with Gasteiger partial charge in [-0.15, -0.1) is 0 Å². The van der Waals surface area contributed by atoms with Gasteiger partial charge in [0, 0.05) is 48.7 Å².